The van der Waals surface area contributed by atoms with Crippen LogP contribution in [-0.2, 0) is 0 Å². The van der Waals surface area contributed by atoms with E-state index in [1.54, 1.807) is 6.07 Å². The monoisotopic (exact) mass is 178 g/mol. The summed E-state index contributed by atoms with van der Waals surface area (Å²) in [6, 6.07) is 4.93. The minimum absolute atomic E-state index is 0.296. The molecule has 1 aliphatic heterocycles. The van der Waals surface area contributed by atoms with Crippen LogP contribution in [0.3, 0.4) is 0 Å². The van der Waals surface area contributed by atoms with Gasteiger partial charge in [-0.1, -0.05) is 18.2 Å². The van der Waals surface area contributed by atoms with Gasteiger partial charge in [-0.15, -0.1) is 0 Å². The Morgan fingerprint density at radius 1 is 1.31 bits per heavy atom. The molecule has 0 N–H and O–H groups in total. The van der Waals surface area contributed by atoms with E-state index < -0.39 is 5.60 Å². The number of para-hydroxylation sites is 1. The topological polar surface area (TPSA) is 9.23 Å². The Labute approximate surface area is 76.8 Å². The van der Waals surface area contributed by atoms with Crippen LogP contribution in [0.5, 0.6) is 5.75 Å². The molecule has 0 saturated carbocycles. The average Bonchev–Trinajstić information content (AvgIpc) is 2.06. The molecular weight excluding hydrogens is 167 g/mol. The number of hydrogen-bond donors (Lipinski definition) is 0. The number of fused-ring (bicyclic) bond motifs is 1. The van der Waals surface area contributed by atoms with E-state index in [4.69, 9.17) is 4.74 Å². The summed E-state index contributed by atoms with van der Waals surface area (Å²) in [5.74, 6) is 0.0601. The third-order valence-electron chi connectivity index (χ3n) is 2.03. The third kappa shape index (κ3) is 1.44. The second-order valence-electron chi connectivity index (χ2n) is 3.70. The Balaban J connectivity index is 2.54. The van der Waals surface area contributed by atoms with Crippen molar-refractivity contribution in [3.05, 3.63) is 35.7 Å². The summed E-state index contributed by atoms with van der Waals surface area (Å²) < 4.78 is 18.7. The molecule has 1 aromatic rings. The van der Waals surface area contributed by atoms with E-state index in [-0.39, 0.29) is 5.82 Å². The Morgan fingerprint density at radius 2 is 2.08 bits per heavy atom. The number of benzene rings is 1. The van der Waals surface area contributed by atoms with Crippen molar-refractivity contribution in [3.8, 4) is 5.75 Å². The summed E-state index contributed by atoms with van der Waals surface area (Å²) in [5.41, 5.74) is 0.397. The molecule has 0 radical (unpaired) electrons. The molecule has 0 spiro atoms. The summed E-state index contributed by atoms with van der Waals surface area (Å²) >= 11 is 0. The highest BCUT2D eigenvalue weighted by Crippen LogP contribution is 2.32. The van der Waals surface area contributed by atoms with Gasteiger partial charge in [0.25, 0.3) is 0 Å². The highest BCUT2D eigenvalue weighted by molar-refractivity contribution is 5.61. The standard InChI is InChI=1S/C11H11FO/c1-11(2)7-6-8-4-3-5-9(12)10(8)13-11/h3-7H,1-2H3. The van der Waals surface area contributed by atoms with E-state index in [1.807, 2.05) is 32.1 Å². The molecule has 2 rings (SSSR count). The van der Waals surface area contributed by atoms with Gasteiger partial charge in [-0.05, 0) is 26.0 Å². The van der Waals surface area contributed by atoms with Crippen LogP contribution in [0.25, 0.3) is 6.08 Å². The van der Waals surface area contributed by atoms with Gasteiger partial charge in [0, 0.05) is 5.56 Å². The Kier molecular flexibility index (Phi) is 1.65. The van der Waals surface area contributed by atoms with Crippen LogP contribution in [0.1, 0.15) is 19.4 Å². The van der Waals surface area contributed by atoms with Gasteiger partial charge in [-0.3, -0.25) is 0 Å². The zero-order chi connectivity index (χ0) is 9.47. The van der Waals surface area contributed by atoms with E-state index in [0.29, 0.717) is 5.75 Å². The maximum atomic E-state index is 13.3. The van der Waals surface area contributed by atoms with Crippen molar-refractivity contribution in [1.82, 2.24) is 0 Å². The van der Waals surface area contributed by atoms with E-state index in [9.17, 15) is 4.39 Å². The molecule has 0 saturated heterocycles. The van der Waals surface area contributed by atoms with Crippen LogP contribution in [-0.4, -0.2) is 5.60 Å². The minimum Gasteiger partial charge on any atom is -0.480 e. The van der Waals surface area contributed by atoms with Gasteiger partial charge in [0.1, 0.15) is 5.60 Å². The number of rotatable bonds is 0. The van der Waals surface area contributed by atoms with E-state index in [1.165, 1.54) is 6.07 Å². The van der Waals surface area contributed by atoms with E-state index in [0.717, 1.165) is 5.56 Å². The molecule has 13 heavy (non-hydrogen) atoms. The molecule has 0 amide bonds. The van der Waals surface area contributed by atoms with E-state index >= 15 is 0 Å². The molecule has 0 atom stereocenters. The first-order chi connectivity index (χ1) is 6.08. The van der Waals surface area contributed by atoms with Crippen molar-refractivity contribution in [1.29, 1.82) is 0 Å². The fourth-order valence-corrected chi connectivity index (χ4v) is 1.35. The largest absolute Gasteiger partial charge is 0.480 e. The number of hydrogen-bond acceptors (Lipinski definition) is 1. The molecule has 0 aromatic heterocycles. The summed E-state index contributed by atoms with van der Waals surface area (Å²) in [4.78, 5) is 0. The quantitative estimate of drug-likeness (QED) is 0.593. The second-order valence-corrected chi connectivity index (χ2v) is 3.70. The molecule has 0 bridgehead atoms. The summed E-state index contributed by atoms with van der Waals surface area (Å²) in [6.45, 7) is 3.80. The lowest BCUT2D eigenvalue weighted by molar-refractivity contribution is 0.151. The summed E-state index contributed by atoms with van der Waals surface area (Å²) in [5, 5.41) is 0. The zero-order valence-electron chi connectivity index (χ0n) is 7.67. The van der Waals surface area contributed by atoms with Crippen molar-refractivity contribution < 1.29 is 9.13 Å². The van der Waals surface area contributed by atoms with Gasteiger partial charge in [0.2, 0.25) is 0 Å². The van der Waals surface area contributed by atoms with Crippen molar-refractivity contribution in [2.45, 2.75) is 19.4 Å². The van der Waals surface area contributed by atoms with Crippen LogP contribution in [0.2, 0.25) is 0 Å². The fourth-order valence-electron chi connectivity index (χ4n) is 1.35. The number of halogens is 1. The van der Waals surface area contributed by atoms with Gasteiger partial charge in [0.15, 0.2) is 11.6 Å². The zero-order valence-corrected chi connectivity index (χ0v) is 7.67. The molecule has 1 aromatic carbocycles. The first-order valence-electron chi connectivity index (χ1n) is 4.25. The van der Waals surface area contributed by atoms with Gasteiger partial charge in [0.05, 0.1) is 0 Å². The van der Waals surface area contributed by atoms with Gasteiger partial charge >= 0.3 is 0 Å². The second kappa shape index (κ2) is 2.59. The molecule has 0 fully saturated rings. The maximum absolute atomic E-state index is 13.3. The molecule has 1 nitrogen and oxygen atoms in total. The Bertz CT molecular complexity index is 366. The molecule has 2 heteroatoms. The molecule has 1 aliphatic rings. The Hall–Kier alpha value is -1.31. The highest BCUT2D eigenvalue weighted by Gasteiger charge is 2.23. The van der Waals surface area contributed by atoms with Crippen LogP contribution < -0.4 is 4.74 Å². The predicted octanol–water partition coefficient (Wildman–Crippen LogP) is 3.01. The fraction of sp³-hybridized carbons (Fsp3) is 0.273. The smallest absolute Gasteiger partial charge is 0.165 e. The Morgan fingerprint density at radius 3 is 2.85 bits per heavy atom. The lowest BCUT2D eigenvalue weighted by Crippen LogP contribution is -2.28. The molecular formula is C11H11FO. The summed E-state index contributed by atoms with van der Waals surface area (Å²) in [7, 11) is 0. The van der Waals surface area contributed by atoms with Crippen LogP contribution >= 0.6 is 0 Å². The van der Waals surface area contributed by atoms with E-state index in [2.05, 4.69) is 0 Å². The van der Waals surface area contributed by atoms with Crippen LogP contribution in [0, 0.1) is 5.82 Å². The third-order valence-corrected chi connectivity index (χ3v) is 2.03. The van der Waals surface area contributed by atoms with Crippen LogP contribution in [0.15, 0.2) is 24.3 Å². The first-order valence-corrected chi connectivity index (χ1v) is 4.25. The molecule has 0 aliphatic carbocycles. The molecule has 0 unspecified atom stereocenters. The SMILES string of the molecule is CC1(C)C=Cc2cccc(F)c2O1. The van der Waals surface area contributed by atoms with Gasteiger partial charge < -0.3 is 4.74 Å². The summed E-state index contributed by atoms with van der Waals surface area (Å²) in [6.07, 6.45) is 3.82. The maximum Gasteiger partial charge on any atom is 0.165 e. The van der Waals surface area contributed by atoms with Crippen molar-refractivity contribution in [2.75, 3.05) is 0 Å². The molecule has 1 heterocycles. The minimum atomic E-state index is -0.408. The average molecular weight is 178 g/mol. The van der Waals surface area contributed by atoms with Crippen molar-refractivity contribution in [3.63, 3.8) is 0 Å². The van der Waals surface area contributed by atoms with Crippen molar-refractivity contribution >= 4 is 6.08 Å². The molecule has 68 valence electrons. The normalized spacial score (nSPS) is 17.8. The van der Waals surface area contributed by atoms with Gasteiger partial charge in [-0.2, -0.15) is 0 Å². The predicted molar refractivity (Wildman–Crippen MR) is 50.1 cm³/mol. The first kappa shape index (κ1) is 8.30. The number of ether oxygens (including phenoxy) is 1. The highest BCUT2D eigenvalue weighted by atomic mass is 19.1. The van der Waals surface area contributed by atoms with Gasteiger partial charge in [-0.25, -0.2) is 4.39 Å². The lowest BCUT2D eigenvalue weighted by Gasteiger charge is -2.27. The van der Waals surface area contributed by atoms with Crippen molar-refractivity contribution in [2.24, 2.45) is 0 Å². The lowest BCUT2D eigenvalue weighted by atomic mass is 10.0. The van der Waals surface area contributed by atoms with Crippen LogP contribution in [0.4, 0.5) is 4.39 Å².